The standard InChI is InChI=1S/C23H37NO3/c1-3-4-5-6-10-13-22(25)17-16-21-15-14-19(2)24(21)23(26)27-18-20-11-8-7-9-12-20/h7-9,11-12,19,21-22,25H,3-6,10,13-18H2,1-2H3/t19-,21-,22?/m1/s1. The van der Waals surface area contributed by atoms with Crippen LogP contribution in [0.4, 0.5) is 4.79 Å². The normalized spacial score (nSPS) is 20.6. The fourth-order valence-electron chi connectivity index (χ4n) is 3.99. The number of aliphatic hydroxyl groups excluding tert-OH is 1. The zero-order chi connectivity index (χ0) is 19.5. The highest BCUT2D eigenvalue weighted by atomic mass is 16.6. The SMILES string of the molecule is CCCCCCCC(O)CC[C@H]1CC[C@@H](C)N1C(=O)OCc1ccccc1. The maximum absolute atomic E-state index is 12.6. The highest BCUT2D eigenvalue weighted by molar-refractivity contribution is 5.69. The van der Waals surface area contributed by atoms with Crippen LogP contribution in [0.3, 0.4) is 0 Å². The van der Waals surface area contributed by atoms with Crippen LogP contribution in [0, 0.1) is 0 Å². The smallest absolute Gasteiger partial charge is 0.410 e. The van der Waals surface area contributed by atoms with Crippen LogP contribution in [-0.4, -0.2) is 34.3 Å². The highest BCUT2D eigenvalue weighted by Gasteiger charge is 2.35. The third-order valence-electron chi connectivity index (χ3n) is 5.68. The predicted octanol–water partition coefficient (Wildman–Crippen LogP) is 5.68. The summed E-state index contributed by atoms with van der Waals surface area (Å²) in [5.74, 6) is 0. The Kier molecular flexibility index (Phi) is 9.68. The topological polar surface area (TPSA) is 49.8 Å². The van der Waals surface area contributed by atoms with Gasteiger partial charge in [-0.15, -0.1) is 0 Å². The number of benzene rings is 1. The molecule has 4 heteroatoms. The van der Waals surface area contributed by atoms with Gasteiger partial charge in [0.1, 0.15) is 6.61 Å². The molecule has 1 aliphatic rings. The van der Waals surface area contributed by atoms with Gasteiger partial charge >= 0.3 is 6.09 Å². The molecule has 3 atom stereocenters. The Hall–Kier alpha value is -1.55. The minimum Gasteiger partial charge on any atom is -0.445 e. The van der Waals surface area contributed by atoms with Crippen molar-refractivity contribution in [3.63, 3.8) is 0 Å². The summed E-state index contributed by atoms with van der Waals surface area (Å²) >= 11 is 0. The van der Waals surface area contributed by atoms with Gasteiger partial charge in [0.2, 0.25) is 0 Å². The largest absolute Gasteiger partial charge is 0.445 e. The summed E-state index contributed by atoms with van der Waals surface area (Å²) in [5.41, 5.74) is 1.01. The number of nitrogens with zero attached hydrogens (tertiary/aromatic N) is 1. The van der Waals surface area contributed by atoms with Gasteiger partial charge in [0.25, 0.3) is 0 Å². The third kappa shape index (κ3) is 7.53. The van der Waals surface area contributed by atoms with Gasteiger partial charge in [0, 0.05) is 12.1 Å². The molecule has 1 heterocycles. The lowest BCUT2D eigenvalue weighted by atomic mass is 10.0. The second-order valence-electron chi connectivity index (χ2n) is 7.96. The Bertz CT molecular complexity index is 534. The van der Waals surface area contributed by atoms with Crippen molar-refractivity contribution in [1.82, 2.24) is 4.90 Å². The maximum Gasteiger partial charge on any atom is 0.410 e. The van der Waals surface area contributed by atoms with Gasteiger partial charge in [-0.1, -0.05) is 69.4 Å². The van der Waals surface area contributed by atoms with Crippen LogP contribution in [0.1, 0.15) is 83.6 Å². The Labute approximate surface area is 164 Å². The number of unbranched alkanes of at least 4 members (excludes halogenated alkanes) is 4. The number of carbonyl (C=O) groups is 1. The van der Waals surface area contributed by atoms with Crippen LogP contribution in [0.15, 0.2) is 30.3 Å². The van der Waals surface area contributed by atoms with E-state index in [9.17, 15) is 9.90 Å². The zero-order valence-corrected chi connectivity index (χ0v) is 17.1. The van der Waals surface area contributed by atoms with E-state index in [1.807, 2.05) is 35.2 Å². The van der Waals surface area contributed by atoms with E-state index < -0.39 is 0 Å². The van der Waals surface area contributed by atoms with Crippen molar-refractivity contribution in [2.45, 2.75) is 103 Å². The van der Waals surface area contributed by atoms with E-state index in [4.69, 9.17) is 4.74 Å². The Morgan fingerprint density at radius 2 is 1.89 bits per heavy atom. The number of likely N-dealkylation sites (tertiary alicyclic amines) is 1. The summed E-state index contributed by atoms with van der Waals surface area (Å²) in [7, 11) is 0. The van der Waals surface area contributed by atoms with Gasteiger partial charge in [0.15, 0.2) is 0 Å². The maximum atomic E-state index is 12.6. The van der Waals surface area contributed by atoms with E-state index in [0.29, 0.717) is 6.61 Å². The molecule has 27 heavy (non-hydrogen) atoms. The van der Waals surface area contributed by atoms with E-state index in [2.05, 4.69) is 13.8 Å². The third-order valence-corrected chi connectivity index (χ3v) is 5.68. The molecule has 1 aromatic carbocycles. The fourth-order valence-corrected chi connectivity index (χ4v) is 3.99. The van der Waals surface area contributed by atoms with Crippen LogP contribution in [0.2, 0.25) is 0 Å². The van der Waals surface area contributed by atoms with Crippen molar-refractivity contribution in [3.05, 3.63) is 35.9 Å². The van der Waals surface area contributed by atoms with Crippen molar-refractivity contribution in [3.8, 4) is 0 Å². The molecule has 4 nitrogen and oxygen atoms in total. The lowest BCUT2D eigenvalue weighted by Crippen LogP contribution is -2.40. The summed E-state index contributed by atoms with van der Waals surface area (Å²) in [6, 6.07) is 10.2. The summed E-state index contributed by atoms with van der Waals surface area (Å²) in [5, 5.41) is 10.3. The molecule has 0 bridgehead atoms. The molecule has 2 rings (SSSR count). The summed E-state index contributed by atoms with van der Waals surface area (Å²) in [4.78, 5) is 14.5. The predicted molar refractivity (Wildman–Crippen MR) is 110 cm³/mol. The van der Waals surface area contributed by atoms with E-state index in [0.717, 1.165) is 44.1 Å². The van der Waals surface area contributed by atoms with Crippen molar-refractivity contribution in [2.24, 2.45) is 0 Å². The van der Waals surface area contributed by atoms with Crippen LogP contribution >= 0.6 is 0 Å². The first-order valence-electron chi connectivity index (χ1n) is 10.8. The summed E-state index contributed by atoms with van der Waals surface area (Å²) in [6.07, 6.45) is 10.2. The molecule has 1 aliphatic heterocycles. The van der Waals surface area contributed by atoms with Crippen molar-refractivity contribution in [1.29, 1.82) is 0 Å². The first-order chi connectivity index (χ1) is 13.1. The zero-order valence-electron chi connectivity index (χ0n) is 17.1. The Morgan fingerprint density at radius 1 is 1.15 bits per heavy atom. The molecule has 1 fully saturated rings. The number of aliphatic hydroxyl groups is 1. The van der Waals surface area contributed by atoms with Gasteiger partial charge in [-0.2, -0.15) is 0 Å². The number of ether oxygens (including phenoxy) is 1. The fraction of sp³-hybridized carbons (Fsp3) is 0.696. The second-order valence-corrected chi connectivity index (χ2v) is 7.96. The van der Waals surface area contributed by atoms with Gasteiger partial charge in [-0.05, 0) is 44.6 Å². The lowest BCUT2D eigenvalue weighted by Gasteiger charge is -2.28. The average molecular weight is 376 g/mol. The van der Waals surface area contributed by atoms with Crippen LogP contribution in [-0.2, 0) is 11.3 Å². The summed E-state index contributed by atoms with van der Waals surface area (Å²) < 4.78 is 5.55. The second kappa shape index (κ2) is 12.0. The minimum absolute atomic E-state index is 0.193. The molecule has 0 aromatic heterocycles. The molecule has 1 amide bonds. The Morgan fingerprint density at radius 3 is 2.63 bits per heavy atom. The molecule has 1 saturated heterocycles. The highest BCUT2D eigenvalue weighted by Crippen LogP contribution is 2.29. The molecule has 0 spiro atoms. The molecule has 0 saturated carbocycles. The number of rotatable bonds is 11. The van der Waals surface area contributed by atoms with Crippen molar-refractivity contribution in [2.75, 3.05) is 0 Å². The first kappa shape index (κ1) is 21.7. The van der Waals surface area contributed by atoms with Gasteiger partial charge in [0.05, 0.1) is 6.10 Å². The average Bonchev–Trinajstić information content (AvgIpc) is 3.05. The molecule has 1 N–H and O–H groups in total. The lowest BCUT2D eigenvalue weighted by molar-refractivity contribution is 0.0736. The monoisotopic (exact) mass is 375 g/mol. The molecular weight excluding hydrogens is 338 g/mol. The van der Waals surface area contributed by atoms with Crippen LogP contribution in [0.25, 0.3) is 0 Å². The summed E-state index contributed by atoms with van der Waals surface area (Å²) in [6.45, 7) is 4.62. The first-order valence-corrected chi connectivity index (χ1v) is 10.8. The number of hydrogen-bond donors (Lipinski definition) is 1. The quantitative estimate of drug-likeness (QED) is 0.506. The van der Waals surface area contributed by atoms with Gasteiger partial charge < -0.3 is 14.7 Å². The number of carbonyl (C=O) groups excluding carboxylic acids is 1. The van der Waals surface area contributed by atoms with Gasteiger partial charge in [-0.25, -0.2) is 4.79 Å². The van der Waals surface area contributed by atoms with Crippen LogP contribution in [0.5, 0.6) is 0 Å². The van der Waals surface area contributed by atoms with Crippen LogP contribution < -0.4 is 0 Å². The number of hydrogen-bond acceptors (Lipinski definition) is 3. The molecule has 0 radical (unpaired) electrons. The van der Waals surface area contributed by atoms with Gasteiger partial charge in [-0.3, -0.25) is 0 Å². The molecule has 152 valence electrons. The molecule has 1 aromatic rings. The van der Waals surface area contributed by atoms with Crippen molar-refractivity contribution < 1.29 is 14.6 Å². The molecule has 0 aliphatic carbocycles. The number of amides is 1. The minimum atomic E-state index is -0.246. The molecular formula is C23H37NO3. The van der Waals surface area contributed by atoms with E-state index in [1.165, 1.54) is 25.7 Å². The van der Waals surface area contributed by atoms with E-state index >= 15 is 0 Å². The molecule has 1 unspecified atom stereocenters. The van der Waals surface area contributed by atoms with E-state index in [-0.39, 0.29) is 24.3 Å². The Balaban J connectivity index is 1.72. The van der Waals surface area contributed by atoms with E-state index in [1.54, 1.807) is 0 Å². The van der Waals surface area contributed by atoms with Crippen molar-refractivity contribution >= 4 is 6.09 Å².